The fourth-order valence-corrected chi connectivity index (χ4v) is 5.90. The molecule has 3 aromatic rings. The van der Waals surface area contributed by atoms with Gasteiger partial charge in [-0.1, -0.05) is 17.4 Å². The number of carbonyl (C=O) groups excluding carboxylic acids is 1. The predicted octanol–water partition coefficient (Wildman–Crippen LogP) is 2.16. The summed E-state index contributed by atoms with van der Waals surface area (Å²) < 4.78 is 24.4. The number of likely N-dealkylation sites (N-methyl/N-ethyl adjacent to an activating group) is 1. The van der Waals surface area contributed by atoms with Crippen molar-refractivity contribution >= 4 is 29.3 Å². The molecule has 0 radical (unpaired) electrons. The van der Waals surface area contributed by atoms with Gasteiger partial charge >= 0.3 is 5.97 Å². The molecule has 0 bridgehead atoms. The number of aromatic nitrogens is 1. The number of allylic oxidation sites excluding steroid dienone is 1. The van der Waals surface area contributed by atoms with E-state index in [-0.39, 0.29) is 12.2 Å². The third-order valence-corrected chi connectivity index (χ3v) is 7.92. The first kappa shape index (κ1) is 26.8. The Balaban J connectivity index is 1.60. The van der Waals surface area contributed by atoms with Crippen LogP contribution in [0.4, 0.5) is 5.88 Å². The highest BCUT2D eigenvalue weighted by Gasteiger charge is 2.34. The number of rotatable bonds is 7. The number of thiazole rings is 1. The Morgan fingerprint density at radius 2 is 1.87 bits per heavy atom. The summed E-state index contributed by atoms with van der Waals surface area (Å²) in [7, 11) is 5.20. The third-order valence-electron chi connectivity index (χ3n) is 6.94. The van der Waals surface area contributed by atoms with Gasteiger partial charge in [0.2, 0.25) is 0 Å². The fraction of sp³-hybridized carbons (Fsp3) is 0.393. The Bertz CT molecular complexity index is 1590. The molecule has 0 spiro atoms. The highest BCUT2D eigenvalue weighted by molar-refractivity contribution is 7.07. The zero-order chi connectivity index (χ0) is 27.7. The zero-order valence-electron chi connectivity index (χ0n) is 22.7. The SMILES string of the molecule is CCOC(=O)C1=C(C)N=c2s/c(=C/c3ccc(N4CCN(C)CC4)o3)c(=O)n2[C@@H]1c1ccc(OC)c(OC)c1. The number of methoxy groups -OCH3 is 2. The number of fused-ring (bicyclic) bond motifs is 1. The normalized spacial score (nSPS) is 18.1. The Labute approximate surface area is 230 Å². The fourth-order valence-electron chi connectivity index (χ4n) is 4.88. The van der Waals surface area contributed by atoms with Crippen LogP contribution in [0.3, 0.4) is 0 Å². The summed E-state index contributed by atoms with van der Waals surface area (Å²) in [5, 5.41) is 0. The summed E-state index contributed by atoms with van der Waals surface area (Å²) in [6.45, 7) is 7.40. The topological polar surface area (TPSA) is 98.7 Å². The van der Waals surface area contributed by atoms with Gasteiger partial charge in [0.1, 0.15) is 5.76 Å². The number of piperazine rings is 1. The van der Waals surface area contributed by atoms with E-state index < -0.39 is 12.0 Å². The molecule has 1 saturated heterocycles. The van der Waals surface area contributed by atoms with Gasteiger partial charge in [-0.2, -0.15) is 0 Å². The van der Waals surface area contributed by atoms with Crippen molar-refractivity contribution in [1.82, 2.24) is 9.47 Å². The van der Waals surface area contributed by atoms with Crippen molar-refractivity contribution in [3.05, 3.63) is 72.6 Å². The lowest BCUT2D eigenvalue weighted by atomic mass is 9.95. The molecule has 2 aliphatic rings. The van der Waals surface area contributed by atoms with Crippen LogP contribution in [0.15, 0.2) is 55.8 Å². The largest absolute Gasteiger partial charge is 0.493 e. The van der Waals surface area contributed by atoms with Crippen molar-refractivity contribution in [1.29, 1.82) is 0 Å². The first-order chi connectivity index (χ1) is 18.8. The molecular formula is C28H32N4O6S. The van der Waals surface area contributed by atoms with E-state index >= 15 is 0 Å². The van der Waals surface area contributed by atoms with E-state index in [4.69, 9.17) is 18.6 Å². The summed E-state index contributed by atoms with van der Waals surface area (Å²) in [4.78, 5) is 36.6. The highest BCUT2D eigenvalue weighted by Crippen LogP contribution is 2.36. The molecule has 1 aromatic carbocycles. The van der Waals surface area contributed by atoms with E-state index in [1.165, 1.54) is 11.3 Å². The van der Waals surface area contributed by atoms with E-state index in [9.17, 15) is 9.59 Å². The second-order valence-electron chi connectivity index (χ2n) is 9.38. The summed E-state index contributed by atoms with van der Waals surface area (Å²) in [5.41, 5.74) is 1.20. The van der Waals surface area contributed by atoms with Crippen LogP contribution >= 0.6 is 11.3 Å². The molecule has 0 amide bonds. The van der Waals surface area contributed by atoms with E-state index in [1.54, 1.807) is 50.8 Å². The molecule has 4 heterocycles. The lowest BCUT2D eigenvalue weighted by molar-refractivity contribution is -0.139. The zero-order valence-corrected chi connectivity index (χ0v) is 23.5. The van der Waals surface area contributed by atoms with Gasteiger partial charge in [0.15, 0.2) is 22.2 Å². The molecule has 0 aliphatic carbocycles. The quantitative estimate of drug-likeness (QED) is 0.412. The Morgan fingerprint density at radius 3 is 2.56 bits per heavy atom. The highest BCUT2D eigenvalue weighted by atomic mass is 32.1. The summed E-state index contributed by atoms with van der Waals surface area (Å²) in [5.74, 6) is 1.88. The lowest BCUT2D eigenvalue weighted by Crippen LogP contribution is -2.44. The van der Waals surface area contributed by atoms with Gasteiger partial charge in [-0.3, -0.25) is 9.36 Å². The van der Waals surface area contributed by atoms with Gasteiger partial charge in [0.25, 0.3) is 5.56 Å². The number of furan rings is 1. The minimum atomic E-state index is -0.750. The second-order valence-corrected chi connectivity index (χ2v) is 10.4. The van der Waals surface area contributed by atoms with Crippen molar-refractivity contribution in [3.63, 3.8) is 0 Å². The maximum atomic E-state index is 13.9. The van der Waals surface area contributed by atoms with E-state index in [0.717, 1.165) is 32.1 Å². The minimum Gasteiger partial charge on any atom is -0.493 e. The van der Waals surface area contributed by atoms with Gasteiger partial charge < -0.3 is 28.4 Å². The summed E-state index contributed by atoms with van der Waals surface area (Å²) >= 11 is 1.25. The number of benzene rings is 1. The lowest BCUT2D eigenvalue weighted by Gasteiger charge is -2.32. The number of hydrogen-bond donors (Lipinski definition) is 0. The molecule has 0 N–H and O–H groups in total. The first-order valence-corrected chi connectivity index (χ1v) is 13.6. The van der Waals surface area contributed by atoms with Gasteiger partial charge in [0.05, 0.1) is 42.7 Å². The van der Waals surface area contributed by atoms with Crippen LogP contribution in [0, 0.1) is 0 Å². The Morgan fingerprint density at radius 1 is 1.13 bits per heavy atom. The van der Waals surface area contributed by atoms with Gasteiger partial charge in [-0.15, -0.1) is 0 Å². The number of hydrogen-bond acceptors (Lipinski definition) is 10. The van der Waals surface area contributed by atoms with Crippen LogP contribution in [0.25, 0.3) is 6.08 Å². The smallest absolute Gasteiger partial charge is 0.338 e. The van der Waals surface area contributed by atoms with E-state index in [0.29, 0.717) is 43.4 Å². The molecule has 1 atom stereocenters. The molecule has 0 saturated carbocycles. The van der Waals surface area contributed by atoms with E-state index in [2.05, 4.69) is 21.8 Å². The van der Waals surface area contributed by atoms with Gasteiger partial charge in [-0.05, 0) is 44.7 Å². The van der Waals surface area contributed by atoms with Crippen molar-refractivity contribution in [3.8, 4) is 11.5 Å². The molecule has 10 nitrogen and oxygen atoms in total. The van der Waals surface area contributed by atoms with Crippen molar-refractivity contribution < 1.29 is 23.4 Å². The van der Waals surface area contributed by atoms with Crippen molar-refractivity contribution in [2.75, 3.05) is 59.0 Å². The predicted molar refractivity (Wildman–Crippen MR) is 148 cm³/mol. The maximum Gasteiger partial charge on any atom is 0.338 e. The van der Waals surface area contributed by atoms with E-state index in [1.807, 2.05) is 18.2 Å². The van der Waals surface area contributed by atoms with Crippen molar-refractivity contribution in [2.24, 2.45) is 4.99 Å². The average Bonchev–Trinajstić information content (AvgIpc) is 3.52. The average molecular weight is 553 g/mol. The molecule has 0 unspecified atom stereocenters. The van der Waals surface area contributed by atoms with Gasteiger partial charge in [0, 0.05) is 38.3 Å². The number of ether oxygens (including phenoxy) is 3. The molecule has 2 aromatic heterocycles. The number of carbonyl (C=O) groups is 1. The summed E-state index contributed by atoms with van der Waals surface area (Å²) in [6, 6.07) is 8.39. The van der Waals surface area contributed by atoms with Crippen LogP contribution in [-0.4, -0.2) is 69.5 Å². The first-order valence-electron chi connectivity index (χ1n) is 12.8. The van der Waals surface area contributed by atoms with Crippen LogP contribution < -0.4 is 29.3 Å². The molecule has 39 heavy (non-hydrogen) atoms. The maximum absolute atomic E-state index is 13.9. The third kappa shape index (κ3) is 5.11. The number of esters is 1. The number of anilines is 1. The number of nitrogens with zero attached hydrogens (tertiary/aromatic N) is 4. The van der Waals surface area contributed by atoms with Crippen molar-refractivity contribution in [2.45, 2.75) is 19.9 Å². The summed E-state index contributed by atoms with van der Waals surface area (Å²) in [6.07, 6.45) is 1.73. The van der Waals surface area contributed by atoms with Gasteiger partial charge in [-0.25, -0.2) is 9.79 Å². The molecule has 5 rings (SSSR count). The Hall–Kier alpha value is -3.83. The van der Waals surface area contributed by atoms with Crippen LogP contribution in [0.5, 0.6) is 11.5 Å². The van der Waals surface area contributed by atoms with Crippen LogP contribution in [-0.2, 0) is 9.53 Å². The van der Waals surface area contributed by atoms with Crippen LogP contribution in [0.1, 0.15) is 31.2 Å². The Kier molecular flexibility index (Phi) is 7.62. The molecule has 1 fully saturated rings. The monoisotopic (exact) mass is 552 g/mol. The second kappa shape index (κ2) is 11.1. The molecule has 206 valence electrons. The minimum absolute atomic E-state index is 0.201. The molecule has 2 aliphatic heterocycles. The standard InChI is InChI=1S/C28H32N4O6S/c1-6-37-27(34)24-17(2)29-28-32(25(24)18-7-9-20(35-4)21(15-18)36-5)26(33)22(39-28)16-19-8-10-23(38-19)31-13-11-30(3)12-14-31/h7-10,15-16,25H,6,11-14H2,1-5H3/b22-16+/t25-/m1/s1. The molecular weight excluding hydrogens is 520 g/mol. The van der Waals surface area contributed by atoms with Crippen LogP contribution in [0.2, 0.25) is 0 Å². The molecule has 11 heteroatoms.